The standard InChI is InChI=1S/C13H16BrF2N5O/c1-8-11(14)9(2)20(19-8)7-3-5-17-12(22)10-4-6-18-21(10)13(15)16/h4,6,13H,3,5,7H2,1-2H3,(H,17,22). The van der Waals surface area contributed by atoms with Crippen LogP contribution in [0.2, 0.25) is 0 Å². The fraction of sp³-hybridized carbons (Fsp3) is 0.462. The van der Waals surface area contributed by atoms with Crippen LogP contribution >= 0.6 is 15.9 Å². The lowest BCUT2D eigenvalue weighted by molar-refractivity contribution is 0.0509. The minimum atomic E-state index is -2.83. The topological polar surface area (TPSA) is 64.7 Å². The number of carbonyl (C=O) groups is 1. The van der Waals surface area contributed by atoms with Crippen molar-refractivity contribution >= 4 is 21.8 Å². The van der Waals surface area contributed by atoms with Crippen LogP contribution in [0.1, 0.15) is 34.8 Å². The van der Waals surface area contributed by atoms with Crippen molar-refractivity contribution in [2.75, 3.05) is 6.54 Å². The van der Waals surface area contributed by atoms with Crippen molar-refractivity contribution in [3.05, 3.63) is 33.8 Å². The molecule has 0 radical (unpaired) electrons. The molecule has 0 aliphatic rings. The average molecular weight is 376 g/mol. The smallest absolute Gasteiger partial charge is 0.333 e. The molecule has 2 heterocycles. The SMILES string of the molecule is Cc1nn(CCCNC(=O)c2ccnn2C(F)F)c(C)c1Br. The molecule has 0 unspecified atom stereocenters. The van der Waals surface area contributed by atoms with Crippen LogP contribution < -0.4 is 5.32 Å². The van der Waals surface area contributed by atoms with Crippen molar-refractivity contribution in [1.82, 2.24) is 24.9 Å². The number of nitrogens with zero attached hydrogens (tertiary/aromatic N) is 4. The zero-order chi connectivity index (χ0) is 16.3. The van der Waals surface area contributed by atoms with E-state index in [0.717, 1.165) is 15.9 Å². The summed E-state index contributed by atoms with van der Waals surface area (Å²) < 4.78 is 28.4. The van der Waals surface area contributed by atoms with Gasteiger partial charge in [-0.15, -0.1) is 0 Å². The van der Waals surface area contributed by atoms with E-state index in [4.69, 9.17) is 0 Å². The predicted molar refractivity (Wildman–Crippen MR) is 79.8 cm³/mol. The predicted octanol–water partition coefficient (Wildman–Crippen LogP) is 2.67. The van der Waals surface area contributed by atoms with Crippen molar-refractivity contribution in [3.8, 4) is 0 Å². The maximum absolute atomic E-state index is 12.6. The number of amides is 1. The Bertz CT molecular complexity index is 667. The van der Waals surface area contributed by atoms with Gasteiger partial charge in [-0.05, 0) is 42.3 Å². The number of aromatic nitrogens is 4. The first-order valence-corrected chi connectivity index (χ1v) is 7.50. The van der Waals surface area contributed by atoms with E-state index >= 15 is 0 Å². The van der Waals surface area contributed by atoms with E-state index in [9.17, 15) is 13.6 Å². The first kappa shape index (κ1) is 16.6. The summed E-state index contributed by atoms with van der Waals surface area (Å²) in [5.74, 6) is -0.563. The lowest BCUT2D eigenvalue weighted by Crippen LogP contribution is -2.28. The summed E-state index contributed by atoms with van der Waals surface area (Å²) in [5, 5.41) is 10.4. The van der Waals surface area contributed by atoms with E-state index in [-0.39, 0.29) is 5.69 Å². The molecule has 2 aromatic rings. The van der Waals surface area contributed by atoms with E-state index in [1.807, 2.05) is 18.5 Å². The van der Waals surface area contributed by atoms with Crippen molar-refractivity contribution in [2.24, 2.45) is 0 Å². The number of carbonyl (C=O) groups excluding carboxylic acids is 1. The van der Waals surface area contributed by atoms with Crippen molar-refractivity contribution in [1.29, 1.82) is 0 Å². The minimum absolute atomic E-state index is 0.149. The molecule has 0 aliphatic heterocycles. The van der Waals surface area contributed by atoms with Gasteiger partial charge in [-0.1, -0.05) is 0 Å². The first-order chi connectivity index (χ1) is 10.4. The van der Waals surface area contributed by atoms with Gasteiger partial charge in [0.2, 0.25) is 0 Å². The van der Waals surface area contributed by atoms with Gasteiger partial charge >= 0.3 is 6.55 Å². The molecule has 1 amide bonds. The molecule has 0 bridgehead atoms. The van der Waals surface area contributed by atoms with Gasteiger partial charge in [0.05, 0.1) is 10.2 Å². The van der Waals surface area contributed by atoms with Gasteiger partial charge in [0.15, 0.2) is 0 Å². The van der Waals surface area contributed by atoms with E-state index in [1.165, 1.54) is 12.3 Å². The molecule has 1 N–H and O–H groups in total. The van der Waals surface area contributed by atoms with Crippen LogP contribution in [0.4, 0.5) is 8.78 Å². The van der Waals surface area contributed by atoms with Crippen molar-refractivity contribution < 1.29 is 13.6 Å². The Morgan fingerprint density at radius 2 is 2.18 bits per heavy atom. The van der Waals surface area contributed by atoms with Crippen LogP contribution in [-0.4, -0.2) is 32.0 Å². The maximum Gasteiger partial charge on any atom is 0.333 e. The molecular formula is C13H16BrF2N5O. The first-order valence-electron chi connectivity index (χ1n) is 6.71. The molecule has 0 saturated heterocycles. The average Bonchev–Trinajstić information content (AvgIpc) is 3.05. The lowest BCUT2D eigenvalue weighted by atomic mass is 10.3. The molecule has 120 valence electrons. The second-order valence-corrected chi connectivity index (χ2v) is 5.55. The van der Waals surface area contributed by atoms with E-state index in [2.05, 4.69) is 31.4 Å². The summed E-state index contributed by atoms with van der Waals surface area (Å²) in [6.45, 7) is 2.02. The van der Waals surface area contributed by atoms with Gasteiger partial charge in [0.25, 0.3) is 5.91 Å². The summed E-state index contributed by atoms with van der Waals surface area (Å²) in [5.41, 5.74) is 1.77. The number of aryl methyl sites for hydroxylation is 2. The summed E-state index contributed by atoms with van der Waals surface area (Å²) in [6, 6.07) is 1.26. The minimum Gasteiger partial charge on any atom is -0.351 e. The molecular weight excluding hydrogens is 360 g/mol. The lowest BCUT2D eigenvalue weighted by Gasteiger charge is -2.08. The summed E-state index contributed by atoms with van der Waals surface area (Å²) in [6.07, 6.45) is 1.82. The molecule has 22 heavy (non-hydrogen) atoms. The number of alkyl halides is 2. The molecule has 0 aliphatic carbocycles. The van der Waals surface area contributed by atoms with Gasteiger partial charge < -0.3 is 5.32 Å². The highest BCUT2D eigenvalue weighted by atomic mass is 79.9. The van der Waals surface area contributed by atoms with Crippen LogP contribution in [0.3, 0.4) is 0 Å². The maximum atomic E-state index is 12.6. The number of hydrogen-bond donors (Lipinski definition) is 1. The van der Waals surface area contributed by atoms with Crippen LogP contribution in [0.15, 0.2) is 16.7 Å². The number of hydrogen-bond acceptors (Lipinski definition) is 3. The summed E-state index contributed by atoms with van der Waals surface area (Å²) in [7, 11) is 0. The highest BCUT2D eigenvalue weighted by Gasteiger charge is 2.17. The third-order valence-corrected chi connectivity index (χ3v) is 4.36. The zero-order valence-corrected chi connectivity index (χ0v) is 13.8. The molecule has 2 aromatic heterocycles. The van der Waals surface area contributed by atoms with Crippen molar-refractivity contribution in [2.45, 2.75) is 33.4 Å². The Balaban J connectivity index is 1.85. The van der Waals surface area contributed by atoms with Gasteiger partial charge in [-0.25, -0.2) is 0 Å². The summed E-state index contributed by atoms with van der Waals surface area (Å²) >= 11 is 3.45. The van der Waals surface area contributed by atoms with Gasteiger partial charge in [0, 0.05) is 25.0 Å². The fourth-order valence-electron chi connectivity index (χ4n) is 2.06. The normalized spacial score (nSPS) is 11.2. The van der Waals surface area contributed by atoms with Crippen molar-refractivity contribution in [3.63, 3.8) is 0 Å². The Hall–Kier alpha value is -1.77. The summed E-state index contributed by atoms with van der Waals surface area (Å²) in [4.78, 5) is 11.8. The Morgan fingerprint density at radius 3 is 2.77 bits per heavy atom. The van der Waals surface area contributed by atoms with E-state index < -0.39 is 12.5 Å². The highest BCUT2D eigenvalue weighted by molar-refractivity contribution is 9.10. The number of nitrogens with one attached hydrogen (secondary N) is 1. The van der Waals surface area contributed by atoms with E-state index in [1.54, 1.807) is 0 Å². The van der Waals surface area contributed by atoms with Gasteiger partial charge in [-0.2, -0.15) is 23.7 Å². The molecule has 0 fully saturated rings. The second-order valence-electron chi connectivity index (χ2n) is 4.76. The number of rotatable bonds is 6. The molecule has 9 heteroatoms. The van der Waals surface area contributed by atoms with Gasteiger partial charge in [-0.3, -0.25) is 9.48 Å². The quantitative estimate of drug-likeness (QED) is 0.789. The molecule has 0 spiro atoms. The van der Waals surface area contributed by atoms with Gasteiger partial charge in [0.1, 0.15) is 5.69 Å². The zero-order valence-electron chi connectivity index (χ0n) is 12.2. The molecule has 2 rings (SSSR count). The molecule has 0 saturated carbocycles. The van der Waals surface area contributed by atoms with Crippen LogP contribution in [-0.2, 0) is 6.54 Å². The molecule has 0 atom stereocenters. The Kier molecular flexibility index (Phi) is 5.28. The number of halogens is 3. The fourth-order valence-corrected chi connectivity index (χ4v) is 2.35. The third kappa shape index (κ3) is 3.52. The Morgan fingerprint density at radius 1 is 1.45 bits per heavy atom. The highest BCUT2D eigenvalue weighted by Crippen LogP contribution is 2.19. The van der Waals surface area contributed by atoms with Crippen LogP contribution in [0, 0.1) is 13.8 Å². The molecule has 0 aromatic carbocycles. The third-order valence-electron chi connectivity index (χ3n) is 3.21. The largest absolute Gasteiger partial charge is 0.351 e. The Labute approximate surface area is 134 Å². The van der Waals surface area contributed by atoms with Crippen LogP contribution in [0.25, 0.3) is 0 Å². The molecule has 6 nitrogen and oxygen atoms in total. The monoisotopic (exact) mass is 375 g/mol. The van der Waals surface area contributed by atoms with Crippen LogP contribution in [0.5, 0.6) is 0 Å². The second kappa shape index (κ2) is 6.99. The van der Waals surface area contributed by atoms with E-state index in [0.29, 0.717) is 24.2 Å².